The van der Waals surface area contributed by atoms with Gasteiger partial charge in [0.05, 0.1) is 13.2 Å². The standard InChI is InChI=1S/C8H11ClN2OS/c1-8(4-12-5-8)3-10-6-2-13-7(9)11-6/h2,10H,3-5H2,1H3. The number of thiazole rings is 1. The molecular weight excluding hydrogens is 208 g/mol. The lowest BCUT2D eigenvalue weighted by Gasteiger charge is -2.38. The number of rotatable bonds is 3. The van der Waals surface area contributed by atoms with Crippen molar-refractivity contribution in [3.8, 4) is 0 Å². The number of ether oxygens (including phenoxy) is 1. The number of hydrogen-bond acceptors (Lipinski definition) is 4. The van der Waals surface area contributed by atoms with Gasteiger partial charge in [0, 0.05) is 17.3 Å². The van der Waals surface area contributed by atoms with Gasteiger partial charge in [-0.25, -0.2) is 4.98 Å². The van der Waals surface area contributed by atoms with E-state index < -0.39 is 0 Å². The van der Waals surface area contributed by atoms with Gasteiger partial charge >= 0.3 is 0 Å². The van der Waals surface area contributed by atoms with Crippen molar-refractivity contribution in [3.05, 3.63) is 9.85 Å². The summed E-state index contributed by atoms with van der Waals surface area (Å²) in [5.74, 6) is 0.864. The minimum atomic E-state index is 0.274. The van der Waals surface area contributed by atoms with E-state index in [1.54, 1.807) is 0 Å². The van der Waals surface area contributed by atoms with Crippen LogP contribution in [0.2, 0.25) is 4.47 Å². The molecule has 1 aromatic heterocycles. The normalized spacial score (nSPS) is 19.5. The van der Waals surface area contributed by atoms with Crippen LogP contribution in [0.3, 0.4) is 0 Å². The molecule has 5 heteroatoms. The first-order valence-corrected chi connectivity index (χ1v) is 5.36. The van der Waals surface area contributed by atoms with E-state index >= 15 is 0 Å². The highest BCUT2D eigenvalue weighted by atomic mass is 35.5. The van der Waals surface area contributed by atoms with Crippen LogP contribution >= 0.6 is 22.9 Å². The molecule has 2 rings (SSSR count). The molecule has 1 aromatic rings. The maximum Gasteiger partial charge on any atom is 0.185 e. The van der Waals surface area contributed by atoms with Gasteiger partial charge in [-0.3, -0.25) is 0 Å². The summed E-state index contributed by atoms with van der Waals surface area (Å²) in [4.78, 5) is 4.10. The monoisotopic (exact) mass is 218 g/mol. The molecule has 0 aromatic carbocycles. The van der Waals surface area contributed by atoms with Crippen molar-refractivity contribution in [1.29, 1.82) is 0 Å². The maximum absolute atomic E-state index is 5.70. The highest BCUT2D eigenvalue weighted by Crippen LogP contribution is 2.27. The van der Waals surface area contributed by atoms with Crippen molar-refractivity contribution in [2.45, 2.75) is 6.92 Å². The molecule has 0 bridgehead atoms. The molecule has 0 atom stereocenters. The summed E-state index contributed by atoms with van der Waals surface area (Å²) in [5, 5.41) is 5.16. The Morgan fingerprint density at radius 2 is 2.54 bits per heavy atom. The van der Waals surface area contributed by atoms with Gasteiger partial charge in [0.2, 0.25) is 0 Å². The molecule has 13 heavy (non-hydrogen) atoms. The van der Waals surface area contributed by atoms with Crippen molar-refractivity contribution >= 4 is 28.8 Å². The van der Waals surface area contributed by atoms with E-state index in [1.807, 2.05) is 5.38 Å². The fourth-order valence-electron chi connectivity index (χ4n) is 1.19. The van der Waals surface area contributed by atoms with Crippen molar-refractivity contribution in [3.63, 3.8) is 0 Å². The van der Waals surface area contributed by atoms with Gasteiger partial charge in [-0.2, -0.15) is 0 Å². The quantitative estimate of drug-likeness (QED) is 0.845. The largest absolute Gasteiger partial charge is 0.380 e. The molecule has 1 aliphatic heterocycles. The van der Waals surface area contributed by atoms with Gasteiger partial charge < -0.3 is 10.1 Å². The zero-order valence-electron chi connectivity index (χ0n) is 7.34. The number of nitrogens with one attached hydrogen (secondary N) is 1. The Balaban J connectivity index is 1.85. The van der Waals surface area contributed by atoms with Crippen LogP contribution in [0, 0.1) is 5.41 Å². The molecule has 1 saturated heterocycles. The summed E-state index contributed by atoms with van der Waals surface area (Å²) in [6.45, 7) is 4.75. The number of aromatic nitrogens is 1. The summed E-state index contributed by atoms with van der Waals surface area (Å²) < 4.78 is 5.73. The molecule has 0 unspecified atom stereocenters. The molecule has 3 nitrogen and oxygen atoms in total. The highest BCUT2D eigenvalue weighted by molar-refractivity contribution is 7.14. The Hall–Kier alpha value is -0.320. The van der Waals surface area contributed by atoms with Gasteiger partial charge in [-0.1, -0.05) is 18.5 Å². The third-order valence-corrected chi connectivity index (χ3v) is 3.05. The van der Waals surface area contributed by atoms with Crippen molar-refractivity contribution < 1.29 is 4.74 Å². The van der Waals surface area contributed by atoms with Crippen molar-refractivity contribution in [1.82, 2.24) is 4.98 Å². The zero-order valence-corrected chi connectivity index (χ0v) is 8.91. The first kappa shape index (κ1) is 9.24. The lowest BCUT2D eigenvalue weighted by atomic mass is 9.89. The first-order valence-electron chi connectivity index (χ1n) is 4.11. The van der Waals surface area contributed by atoms with E-state index in [0.29, 0.717) is 4.47 Å². The van der Waals surface area contributed by atoms with Crippen molar-refractivity contribution in [2.24, 2.45) is 5.41 Å². The zero-order chi connectivity index (χ0) is 9.31. The Labute approximate surface area is 86.1 Å². The van der Waals surface area contributed by atoms with E-state index in [-0.39, 0.29) is 5.41 Å². The summed E-state index contributed by atoms with van der Waals surface area (Å²) in [5.41, 5.74) is 0.274. The second-order valence-electron chi connectivity index (χ2n) is 3.64. The SMILES string of the molecule is CC1(CNc2csc(Cl)n2)COC1. The van der Waals surface area contributed by atoms with E-state index in [0.717, 1.165) is 25.6 Å². The van der Waals surface area contributed by atoms with Crippen LogP contribution in [0.1, 0.15) is 6.92 Å². The smallest absolute Gasteiger partial charge is 0.185 e. The molecule has 72 valence electrons. The molecule has 2 heterocycles. The van der Waals surface area contributed by atoms with Crippen LogP contribution < -0.4 is 5.32 Å². The van der Waals surface area contributed by atoms with E-state index in [4.69, 9.17) is 16.3 Å². The van der Waals surface area contributed by atoms with Gasteiger partial charge in [0.25, 0.3) is 0 Å². The van der Waals surface area contributed by atoms with E-state index in [1.165, 1.54) is 11.3 Å². The molecule has 1 fully saturated rings. The minimum Gasteiger partial charge on any atom is -0.380 e. The van der Waals surface area contributed by atoms with Crippen LogP contribution in [0.4, 0.5) is 5.82 Å². The van der Waals surface area contributed by atoms with Crippen LogP contribution in [0.25, 0.3) is 0 Å². The summed E-state index contributed by atoms with van der Waals surface area (Å²) >= 11 is 7.14. The Morgan fingerprint density at radius 3 is 3.00 bits per heavy atom. The molecule has 0 spiro atoms. The Kier molecular flexibility index (Phi) is 2.45. The number of halogens is 1. The van der Waals surface area contributed by atoms with E-state index in [2.05, 4.69) is 17.2 Å². The third kappa shape index (κ3) is 2.13. The topological polar surface area (TPSA) is 34.2 Å². The minimum absolute atomic E-state index is 0.274. The maximum atomic E-state index is 5.70. The number of nitrogens with zero attached hydrogens (tertiary/aromatic N) is 1. The molecular formula is C8H11ClN2OS. The second kappa shape index (κ2) is 3.44. The lowest BCUT2D eigenvalue weighted by Crippen LogP contribution is -2.45. The fourth-order valence-corrected chi connectivity index (χ4v) is 1.91. The first-order chi connectivity index (χ1) is 6.18. The number of anilines is 1. The van der Waals surface area contributed by atoms with Gasteiger partial charge in [0.1, 0.15) is 5.82 Å². The Bertz CT molecular complexity index is 298. The Morgan fingerprint density at radius 1 is 1.77 bits per heavy atom. The predicted octanol–water partition coefficient (Wildman–Crippen LogP) is 2.24. The molecule has 0 saturated carbocycles. The molecule has 0 aliphatic carbocycles. The molecule has 1 aliphatic rings. The van der Waals surface area contributed by atoms with Gasteiger partial charge in [0.15, 0.2) is 4.47 Å². The molecule has 0 radical (unpaired) electrons. The third-order valence-electron chi connectivity index (χ3n) is 2.07. The van der Waals surface area contributed by atoms with E-state index in [9.17, 15) is 0 Å². The second-order valence-corrected chi connectivity index (χ2v) is 5.08. The fraction of sp³-hybridized carbons (Fsp3) is 0.625. The highest BCUT2D eigenvalue weighted by Gasteiger charge is 2.33. The summed E-state index contributed by atoms with van der Waals surface area (Å²) in [7, 11) is 0. The predicted molar refractivity (Wildman–Crippen MR) is 54.5 cm³/mol. The van der Waals surface area contributed by atoms with Gasteiger partial charge in [-0.05, 0) is 0 Å². The summed E-state index contributed by atoms with van der Waals surface area (Å²) in [6.07, 6.45) is 0. The lowest BCUT2D eigenvalue weighted by molar-refractivity contribution is -0.0924. The van der Waals surface area contributed by atoms with Crippen LogP contribution in [-0.4, -0.2) is 24.7 Å². The van der Waals surface area contributed by atoms with Gasteiger partial charge in [-0.15, -0.1) is 11.3 Å². The average molecular weight is 219 g/mol. The molecule has 0 amide bonds. The summed E-state index contributed by atoms with van der Waals surface area (Å²) in [6, 6.07) is 0. The van der Waals surface area contributed by atoms with Crippen LogP contribution in [0.5, 0.6) is 0 Å². The number of hydrogen-bond donors (Lipinski definition) is 1. The van der Waals surface area contributed by atoms with Crippen LogP contribution in [0.15, 0.2) is 5.38 Å². The molecule has 1 N–H and O–H groups in total. The van der Waals surface area contributed by atoms with Crippen molar-refractivity contribution in [2.75, 3.05) is 25.1 Å². The average Bonchev–Trinajstić information content (AvgIpc) is 2.44. The van der Waals surface area contributed by atoms with Crippen LogP contribution in [-0.2, 0) is 4.74 Å².